The van der Waals surface area contributed by atoms with Gasteiger partial charge in [0.05, 0.1) is 24.4 Å². The second kappa shape index (κ2) is 11.0. The summed E-state index contributed by atoms with van der Waals surface area (Å²) in [6.45, 7) is 9.83. The smallest absolute Gasteiger partial charge is 0.227 e. The van der Waals surface area contributed by atoms with Crippen LogP contribution in [0.25, 0.3) is 28.2 Å². The third-order valence-corrected chi connectivity index (χ3v) is 6.38. The number of rotatable bonds is 9. The van der Waals surface area contributed by atoms with Gasteiger partial charge in [-0.25, -0.2) is 9.50 Å². The molecule has 0 bridgehead atoms. The Bertz CT molecular complexity index is 1380. The van der Waals surface area contributed by atoms with Crippen molar-refractivity contribution < 1.29 is 14.6 Å². The number of aromatic hydroxyl groups is 1. The summed E-state index contributed by atoms with van der Waals surface area (Å²) in [7, 11) is 0. The Labute approximate surface area is 216 Å². The highest BCUT2D eigenvalue weighted by atomic mass is 35.5. The molecule has 1 N–H and O–H groups in total. The summed E-state index contributed by atoms with van der Waals surface area (Å²) in [5.41, 5.74) is 4.78. The monoisotopic (exact) mass is 506 g/mol. The fourth-order valence-electron chi connectivity index (χ4n) is 4.22. The van der Waals surface area contributed by atoms with Crippen LogP contribution in [0.1, 0.15) is 38.4 Å². The van der Waals surface area contributed by atoms with E-state index in [9.17, 15) is 9.90 Å². The number of phenols is 1. The van der Waals surface area contributed by atoms with E-state index in [4.69, 9.17) is 26.4 Å². The van der Waals surface area contributed by atoms with E-state index in [2.05, 4.69) is 6.92 Å². The number of benzene rings is 2. The number of amides is 1. The van der Waals surface area contributed by atoms with Gasteiger partial charge < -0.3 is 14.7 Å². The first kappa shape index (κ1) is 25.5. The van der Waals surface area contributed by atoms with E-state index in [1.807, 2.05) is 51.1 Å². The molecule has 0 atom stereocenters. The van der Waals surface area contributed by atoms with Crippen LogP contribution >= 0.6 is 11.6 Å². The summed E-state index contributed by atoms with van der Waals surface area (Å²) in [6, 6.07) is 14.5. The summed E-state index contributed by atoms with van der Waals surface area (Å²) in [4.78, 5) is 19.9. The van der Waals surface area contributed by atoms with E-state index >= 15 is 0 Å². The van der Waals surface area contributed by atoms with Gasteiger partial charge in [-0.15, -0.1) is 0 Å². The molecule has 0 radical (unpaired) electrons. The number of halogens is 1. The molecule has 4 aromatic rings. The first-order chi connectivity index (χ1) is 17.4. The molecule has 1 amide bonds. The van der Waals surface area contributed by atoms with Gasteiger partial charge in [0.2, 0.25) is 5.91 Å². The molecule has 0 aliphatic heterocycles. The van der Waals surface area contributed by atoms with E-state index in [-0.39, 0.29) is 18.1 Å². The van der Waals surface area contributed by atoms with Crippen LogP contribution in [0, 0.1) is 6.92 Å². The maximum Gasteiger partial charge on any atom is 0.227 e. The molecule has 8 heteroatoms. The number of carbonyl (C=O) groups is 1. The van der Waals surface area contributed by atoms with E-state index < -0.39 is 0 Å². The minimum atomic E-state index is 0.00880. The number of fused-ring (bicyclic) bond motifs is 1. The van der Waals surface area contributed by atoms with Crippen LogP contribution in [0.3, 0.4) is 0 Å². The number of hydrogen-bond donors (Lipinski definition) is 1. The van der Waals surface area contributed by atoms with Crippen LogP contribution in [-0.2, 0) is 11.2 Å². The molecule has 0 aliphatic carbocycles. The van der Waals surface area contributed by atoms with Gasteiger partial charge in [0.15, 0.2) is 5.65 Å². The number of aryl methyl sites for hydroxylation is 1. The van der Waals surface area contributed by atoms with E-state index in [0.29, 0.717) is 47.3 Å². The van der Waals surface area contributed by atoms with Crippen molar-refractivity contribution in [2.45, 2.75) is 40.5 Å². The van der Waals surface area contributed by atoms with Crippen molar-refractivity contribution in [3.05, 3.63) is 64.8 Å². The first-order valence-electron chi connectivity index (χ1n) is 12.2. The third-order valence-electron chi connectivity index (χ3n) is 6.14. The minimum Gasteiger partial charge on any atom is -0.507 e. The van der Waals surface area contributed by atoms with Gasteiger partial charge in [0.1, 0.15) is 11.5 Å². The second-order valence-corrected chi connectivity index (χ2v) is 9.06. The number of likely N-dealkylation sites (N-methyl/N-ethyl adjacent to an activating group) is 1. The highest BCUT2D eigenvalue weighted by Gasteiger charge is 2.23. The SMILES string of the molecule is CCCOc1ccc(-c2nn3c(C)cc(-c4cc(Cl)ccc4O)nc3c2CC(=O)N(CC)CC)cc1. The summed E-state index contributed by atoms with van der Waals surface area (Å²) in [5.74, 6) is 0.881. The molecule has 36 heavy (non-hydrogen) atoms. The molecule has 2 aromatic carbocycles. The van der Waals surface area contributed by atoms with Gasteiger partial charge >= 0.3 is 0 Å². The van der Waals surface area contributed by atoms with Gasteiger partial charge in [-0.3, -0.25) is 4.79 Å². The summed E-state index contributed by atoms with van der Waals surface area (Å²) < 4.78 is 7.49. The zero-order chi connectivity index (χ0) is 25.8. The van der Waals surface area contributed by atoms with Crippen molar-refractivity contribution in [3.63, 3.8) is 0 Å². The van der Waals surface area contributed by atoms with Crippen molar-refractivity contribution in [1.82, 2.24) is 19.5 Å². The Balaban J connectivity index is 1.88. The molecule has 0 saturated heterocycles. The Morgan fingerprint density at radius 3 is 2.47 bits per heavy atom. The van der Waals surface area contributed by atoms with Gasteiger partial charge in [-0.2, -0.15) is 5.10 Å². The molecule has 0 saturated carbocycles. The topological polar surface area (TPSA) is 80.0 Å². The average Bonchev–Trinajstić information content (AvgIpc) is 3.24. The van der Waals surface area contributed by atoms with Gasteiger partial charge in [-0.05, 0) is 75.7 Å². The molecule has 0 unspecified atom stereocenters. The molecule has 2 aromatic heterocycles. The Morgan fingerprint density at radius 1 is 1.08 bits per heavy atom. The van der Waals surface area contributed by atoms with Crippen LogP contribution < -0.4 is 4.74 Å². The van der Waals surface area contributed by atoms with Crippen molar-refractivity contribution in [2.24, 2.45) is 0 Å². The molecular formula is C28H31ClN4O3. The van der Waals surface area contributed by atoms with Crippen LogP contribution in [0.2, 0.25) is 5.02 Å². The largest absolute Gasteiger partial charge is 0.507 e. The molecule has 7 nitrogen and oxygen atoms in total. The number of phenolic OH excluding ortho intramolecular Hbond substituents is 1. The van der Waals surface area contributed by atoms with E-state index in [1.165, 1.54) is 0 Å². The molecule has 0 fully saturated rings. The summed E-state index contributed by atoms with van der Waals surface area (Å²) in [6.07, 6.45) is 1.09. The zero-order valence-electron chi connectivity index (χ0n) is 21.1. The standard InChI is InChI=1S/C28H31ClN4O3/c1-5-14-36-21-11-8-19(9-12-21)27-23(17-26(35)32(6-2)7-3)28-30-24(15-18(4)33(28)31-27)22-16-20(29)10-13-25(22)34/h8-13,15-16,34H,5-7,14,17H2,1-4H3. The fraction of sp³-hybridized carbons (Fsp3) is 0.321. The fourth-order valence-corrected chi connectivity index (χ4v) is 4.39. The lowest BCUT2D eigenvalue weighted by atomic mass is 10.0. The third kappa shape index (κ3) is 5.16. The predicted octanol–water partition coefficient (Wildman–Crippen LogP) is 5.93. The summed E-state index contributed by atoms with van der Waals surface area (Å²) in [5, 5.41) is 15.8. The number of aromatic nitrogens is 3. The molecule has 0 spiro atoms. The number of carbonyl (C=O) groups excluding carboxylic acids is 1. The predicted molar refractivity (Wildman–Crippen MR) is 143 cm³/mol. The molecular weight excluding hydrogens is 476 g/mol. The van der Waals surface area contributed by atoms with Crippen LogP contribution in [0.4, 0.5) is 0 Å². The molecule has 188 valence electrons. The zero-order valence-corrected chi connectivity index (χ0v) is 21.8. The lowest BCUT2D eigenvalue weighted by molar-refractivity contribution is -0.130. The van der Waals surface area contributed by atoms with Crippen molar-refractivity contribution in [3.8, 4) is 34.0 Å². The Hall–Kier alpha value is -3.58. The lowest BCUT2D eigenvalue weighted by Crippen LogP contribution is -2.31. The van der Waals surface area contributed by atoms with Crippen LogP contribution in [-0.4, -0.2) is 50.2 Å². The maximum absolute atomic E-state index is 13.2. The van der Waals surface area contributed by atoms with Crippen LogP contribution in [0.15, 0.2) is 48.5 Å². The second-order valence-electron chi connectivity index (χ2n) is 8.62. The van der Waals surface area contributed by atoms with Crippen molar-refractivity contribution >= 4 is 23.2 Å². The quantitative estimate of drug-likeness (QED) is 0.304. The number of hydrogen-bond acceptors (Lipinski definition) is 5. The highest BCUT2D eigenvalue weighted by molar-refractivity contribution is 6.31. The van der Waals surface area contributed by atoms with Crippen molar-refractivity contribution in [1.29, 1.82) is 0 Å². The van der Waals surface area contributed by atoms with E-state index in [0.717, 1.165) is 29.0 Å². The van der Waals surface area contributed by atoms with E-state index in [1.54, 1.807) is 27.6 Å². The average molecular weight is 507 g/mol. The Kier molecular flexibility index (Phi) is 7.79. The normalized spacial score (nSPS) is 11.1. The number of ether oxygens (including phenoxy) is 1. The van der Waals surface area contributed by atoms with Gasteiger partial charge in [0, 0.05) is 40.5 Å². The van der Waals surface area contributed by atoms with Gasteiger partial charge in [0.25, 0.3) is 0 Å². The minimum absolute atomic E-state index is 0.00880. The molecule has 4 rings (SSSR count). The Morgan fingerprint density at radius 2 is 1.81 bits per heavy atom. The first-order valence-corrected chi connectivity index (χ1v) is 12.6. The maximum atomic E-state index is 13.2. The molecule has 2 heterocycles. The number of nitrogens with zero attached hydrogens (tertiary/aromatic N) is 4. The summed E-state index contributed by atoms with van der Waals surface area (Å²) >= 11 is 6.20. The highest BCUT2D eigenvalue weighted by Crippen LogP contribution is 2.34. The molecule has 0 aliphatic rings. The van der Waals surface area contributed by atoms with Gasteiger partial charge in [-0.1, -0.05) is 18.5 Å². The van der Waals surface area contributed by atoms with Crippen LogP contribution in [0.5, 0.6) is 11.5 Å². The van der Waals surface area contributed by atoms with Crippen molar-refractivity contribution in [2.75, 3.05) is 19.7 Å². The lowest BCUT2D eigenvalue weighted by Gasteiger charge is -2.18.